The van der Waals surface area contributed by atoms with E-state index in [4.69, 9.17) is 0 Å². The van der Waals surface area contributed by atoms with E-state index in [1.807, 2.05) is 5.01 Å². The Bertz CT molecular complexity index is 321. The summed E-state index contributed by atoms with van der Waals surface area (Å²) >= 11 is 1.81. The van der Waals surface area contributed by atoms with E-state index in [0.717, 1.165) is 19.5 Å². The van der Waals surface area contributed by atoms with Crippen molar-refractivity contribution in [1.29, 1.82) is 0 Å². The van der Waals surface area contributed by atoms with Gasteiger partial charge in [-0.15, -0.1) is 11.3 Å². The monoisotopic (exact) mass is 196 g/mol. The average molecular weight is 196 g/mol. The topological polar surface area (TPSA) is 32.3 Å². The molecule has 1 aliphatic heterocycles. The number of thiophene rings is 1. The molecule has 1 amide bonds. The van der Waals surface area contributed by atoms with Gasteiger partial charge in [0.25, 0.3) is 0 Å². The number of carbonyl (C=O) groups excluding carboxylic acids is 1. The van der Waals surface area contributed by atoms with Gasteiger partial charge in [-0.05, 0) is 23.4 Å². The second kappa shape index (κ2) is 3.47. The molecule has 0 aromatic carbocycles. The summed E-state index contributed by atoms with van der Waals surface area (Å²) in [6, 6.07) is 2.13. The van der Waals surface area contributed by atoms with Gasteiger partial charge in [-0.25, -0.2) is 5.01 Å². The van der Waals surface area contributed by atoms with Crippen molar-refractivity contribution in [2.45, 2.75) is 19.9 Å². The highest BCUT2D eigenvalue weighted by Gasteiger charge is 2.16. The third-order valence-electron chi connectivity index (χ3n) is 2.12. The van der Waals surface area contributed by atoms with Crippen LogP contribution < -0.4 is 5.43 Å². The normalized spacial score (nSPS) is 16.7. The molecule has 70 valence electrons. The van der Waals surface area contributed by atoms with Gasteiger partial charge in [0.05, 0.1) is 0 Å². The Kier molecular flexibility index (Phi) is 2.33. The molecule has 0 radical (unpaired) electrons. The fraction of sp³-hybridized carbons (Fsp3) is 0.444. The molecule has 0 aliphatic carbocycles. The Morgan fingerprint density at radius 2 is 2.54 bits per heavy atom. The zero-order valence-corrected chi connectivity index (χ0v) is 8.36. The first-order valence-electron chi connectivity index (χ1n) is 4.33. The minimum atomic E-state index is 0.0127. The molecule has 1 aliphatic rings. The van der Waals surface area contributed by atoms with Crippen LogP contribution in [0, 0.1) is 0 Å². The first kappa shape index (κ1) is 8.72. The summed E-state index contributed by atoms with van der Waals surface area (Å²) in [6.45, 7) is 3.31. The molecule has 0 spiro atoms. The molecule has 0 bridgehead atoms. The summed E-state index contributed by atoms with van der Waals surface area (Å²) in [5, 5.41) is 4.08. The second-order valence-corrected chi connectivity index (χ2v) is 4.21. The highest BCUT2D eigenvalue weighted by molar-refractivity contribution is 7.10. The highest BCUT2D eigenvalue weighted by atomic mass is 32.1. The summed E-state index contributed by atoms with van der Waals surface area (Å²) in [7, 11) is 0. The minimum absolute atomic E-state index is 0.0127. The third-order valence-corrected chi connectivity index (χ3v) is 3.15. The molecule has 1 aromatic heterocycles. The van der Waals surface area contributed by atoms with E-state index in [1.165, 1.54) is 10.4 Å². The van der Waals surface area contributed by atoms with Crippen LogP contribution in [-0.2, 0) is 17.8 Å². The van der Waals surface area contributed by atoms with E-state index in [9.17, 15) is 4.79 Å². The van der Waals surface area contributed by atoms with Crippen molar-refractivity contribution in [1.82, 2.24) is 10.4 Å². The Balaban J connectivity index is 2.04. The van der Waals surface area contributed by atoms with E-state index in [1.54, 1.807) is 18.3 Å². The summed E-state index contributed by atoms with van der Waals surface area (Å²) < 4.78 is 0. The number of hydrogen-bond donors (Lipinski definition) is 1. The quantitative estimate of drug-likeness (QED) is 0.731. The van der Waals surface area contributed by atoms with Gasteiger partial charge in [-0.1, -0.05) is 0 Å². The SMILES string of the molecule is CC(=O)NN1CCc2sccc2C1. The van der Waals surface area contributed by atoms with Gasteiger partial charge in [-0.3, -0.25) is 10.2 Å². The smallest absolute Gasteiger partial charge is 0.231 e. The molecule has 4 heteroatoms. The van der Waals surface area contributed by atoms with Crippen molar-refractivity contribution in [2.24, 2.45) is 0 Å². The Labute approximate surface area is 81.3 Å². The zero-order valence-electron chi connectivity index (χ0n) is 7.54. The lowest BCUT2D eigenvalue weighted by Crippen LogP contribution is -2.43. The summed E-state index contributed by atoms with van der Waals surface area (Å²) in [6.07, 6.45) is 1.05. The van der Waals surface area contributed by atoms with Crippen LogP contribution in [-0.4, -0.2) is 17.5 Å². The van der Waals surface area contributed by atoms with Crippen LogP contribution in [0.2, 0.25) is 0 Å². The third kappa shape index (κ3) is 1.89. The number of fused-ring (bicyclic) bond motifs is 1. The van der Waals surface area contributed by atoms with E-state index in [-0.39, 0.29) is 5.91 Å². The van der Waals surface area contributed by atoms with Gasteiger partial charge in [0.1, 0.15) is 0 Å². The van der Waals surface area contributed by atoms with Crippen molar-refractivity contribution < 1.29 is 4.79 Å². The van der Waals surface area contributed by atoms with Crippen molar-refractivity contribution in [3.63, 3.8) is 0 Å². The highest BCUT2D eigenvalue weighted by Crippen LogP contribution is 2.22. The van der Waals surface area contributed by atoms with Crippen LogP contribution in [0.15, 0.2) is 11.4 Å². The van der Waals surface area contributed by atoms with Crippen LogP contribution in [0.25, 0.3) is 0 Å². The van der Waals surface area contributed by atoms with Gasteiger partial charge in [0.2, 0.25) is 5.91 Å². The predicted octanol–water partition coefficient (Wildman–Crippen LogP) is 1.16. The zero-order chi connectivity index (χ0) is 9.26. The fourth-order valence-corrected chi connectivity index (χ4v) is 2.46. The second-order valence-electron chi connectivity index (χ2n) is 3.21. The molecule has 1 aromatic rings. The number of nitrogens with one attached hydrogen (secondary N) is 1. The number of rotatable bonds is 1. The number of nitrogens with zero attached hydrogens (tertiary/aromatic N) is 1. The number of hydrogen-bond acceptors (Lipinski definition) is 3. The average Bonchev–Trinajstić information content (AvgIpc) is 2.49. The molecule has 0 atom stereocenters. The van der Waals surface area contributed by atoms with E-state index in [0.29, 0.717) is 0 Å². The van der Waals surface area contributed by atoms with Crippen molar-refractivity contribution in [3.8, 4) is 0 Å². The van der Waals surface area contributed by atoms with E-state index < -0.39 is 0 Å². The van der Waals surface area contributed by atoms with Crippen LogP contribution in [0.4, 0.5) is 0 Å². The first-order valence-corrected chi connectivity index (χ1v) is 5.21. The first-order chi connectivity index (χ1) is 6.25. The standard InChI is InChI=1S/C9H12N2OS/c1-7(12)10-11-4-2-9-8(6-11)3-5-13-9/h3,5H,2,4,6H2,1H3,(H,10,12). The van der Waals surface area contributed by atoms with Crippen molar-refractivity contribution in [3.05, 3.63) is 21.9 Å². The molecule has 13 heavy (non-hydrogen) atoms. The van der Waals surface area contributed by atoms with Gasteiger partial charge in [-0.2, -0.15) is 0 Å². The summed E-state index contributed by atoms with van der Waals surface area (Å²) in [5.41, 5.74) is 4.16. The molecular formula is C9H12N2OS. The maximum absolute atomic E-state index is 10.8. The van der Waals surface area contributed by atoms with E-state index in [2.05, 4.69) is 16.9 Å². The van der Waals surface area contributed by atoms with Gasteiger partial charge in [0.15, 0.2) is 0 Å². The fourth-order valence-electron chi connectivity index (χ4n) is 1.57. The molecule has 0 saturated heterocycles. The maximum atomic E-state index is 10.8. The van der Waals surface area contributed by atoms with Gasteiger partial charge in [0, 0.05) is 24.9 Å². The van der Waals surface area contributed by atoms with Gasteiger partial charge >= 0.3 is 0 Å². The van der Waals surface area contributed by atoms with Crippen molar-refractivity contribution in [2.75, 3.05) is 6.54 Å². The molecule has 0 unspecified atom stereocenters. The minimum Gasteiger partial charge on any atom is -0.289 e. The Hall–Kier alpha value is -0.870. The largest absolute Gasteiger partial charge is 0.289 e. The molecule has 2 heterocycles. The lowest BCUT2D eigenvalue weighted by atomic mass is 10.1. The van der Waals surface area contributed by atoms with Crippen LogP contribution >= 0.6 is 11.3 Å². The summed E-state index contributed by atoms with van der Waals surface area (Å²) in [4.78, 5) is 12.3. The summed E-state index contributed by atoms with van der Waals surface area (Å²) in [5.74, 6) is 0.0127. The number of hydrazine groups is 1. The molecule has 3 nitrogen and oxygen atoms in total. The molecule has 1 N–H and O–H groups in total. The Morgan fingerprint density at radius 1 is 1.69 bits per heavy atom. The van der Waals surface area contributed by atoms with Gasteiger partial charge < -0.3 is 0 Å². The van der Waals surface area contributed by atoms with Crippen LogP contribution in [0.1, 0.15) is 17.4 Å². The lowest BCUT2D eigenvalue weighted by Gasteiger charge is -2.26. The number of carbonyl (C=O) groups is 1. The predicted molar refractivity (Wildman–Crippen MR) is 52.2 cm³/mol. The molecular weight excluding hydrogens is 184 g/mol. The van der Waals surface area contributed by atoms with Crippen molar-refractivity contribution >= 4 is 17.2 Å². The maximum Gasteiger partial charge on any atom is 0.231 e. The Morgan fingerprint density at radius 3 is 3.31 bits per heavy atom. The van der Waals surface area contributed by atoms with Crippen LogP contribution in [0.3, 0.4) is 0 Å². The molecule has 0 saturated carbocycles. The molecule has 0 fully saturated rings. The molecule has 2 rings (SSSR count). The van der Waals surface area contributed by atoms with Crippen LogP contribution in [0.5, 0.6) is 0 Å². The number of amides is 1. The van der Waals surface area contributed by atoms with E-state index >= 15 is 0 Å². The lowest BCUT2D eigenvalue weighted by molar-refractivity contribution is -0.124.